The van der Waals surface area contributed by atoms with Gasteiger partial charge in [0, 0.05) is 11.8 Å². The van der Waals surface area contributed by atoms with Gasteiger partial charge in [-0.2, -0.15) is 0 Å². The van der Waals surface area contributed by atoms with E-state index in [1.54, 1.807) is 13.4 Å². The van der Waals surface area contributed by atoms with E-state index in [4.69, 9.17) is 19.1 Å². The van der Waals surface area contributed by atoms with Crippen LogP contribution in [0.1, 0.15) is 11.5 Å². The molecular formula is C23H17N3O2. The number of methoxy groups -OCH3 is 1. The van der Waals surface area contributed by atoms with E-state index in [1.165, 1.54) is 0 Å². The second kappa shape index (κ2) is 6.70. The number of fused-ring (bicyclic) bond motifs is 3. The van der Waals surface area contributed by atoms with Gasteiger partial charge in [-0.1, -0.05) is 12.1 Å². The minimum atomic E-state index is 0.769. The molecule has 0 aliphatic carbocycles. The monoisotopic (exact) mass is 367 g/mol. The normalized spacial score (nSPS) is 11.6. The van der Waals surface area contributed by atoms with Crippen molar-refractivity contribution in [2.24, 2.45) is 0 Å². The lowest BCUT2D eigenvalue weighted by Gasteiger charge is -2.07. The second-order valence-electron chi connectivity index (χ2n) is 6.38. The number of furan rings is 1. The Morgan fingerprint density at radius 1 is 0.929 bits per heavy atom. The number of para-hydroxylation sites is 2. The summed E-state index contributed by atoms with van der Waals surface area (Å²) in [6.45, 7) is 0. The summed E-state index contributed by atoms with van der Waals surface area (Å²) in [6, 6.07) is 19.7. The van der Waals surface area contributed by atoms with Crippen molar-refractivity contribution in [3.8, 4) is 17.0 Å². The fraction of sp³-hybridized carbons (Fsp3) is 0.0435. The number of imidazole rings is 1. The molecule has 3 aromatic heterocycles. The predicted octanol–water partition coefficient (Wildman–Crippen LogP) is 5.32. The van der Waals surface area contributed by atoms with Crippen molar-refractivity contribution >= 4 is 28.8 Å². The standard InChI is InChI=1S/C23H17N3O2/c1-27-17-10-8-16(9-11-17)21-15-26-22-7-3-2-6-19(22)25-23(26)20(24-21)13-12-18-5-4-14-28-18/h2-15H,1H3/b13-12+. The number of aromatic nitrogens is 3. The van der Waals surface area contributed by atoms with Crippen molar-refractivity contribution in [1.29, 1.82) is 0 Å². The van der Waals surface area contributed by atoms with Gasteiger partial charge in [0.25, 0.3) is 0 Å². The molecule has 0 spiro atoms. The lowest BCUT2D eigenvalue weighted by atomic mass is 10.1. The molecule has 0 saturated heterocycles. The van der Waals surface area contributed by atoms with Crippen molar-refractivity contribution in [2.75, 3.05) is 7.11 Å². The number of ether oxygens (including phenoxy) is 1. The lowest BCUT2D eigenvalue weighted by Crippen LogP contribution is -1.96. The SMILES string of the molecule is COc1ccc(-c2cn3c(nc4ccccc43)c(/C=C/c3ccco3)n2)cc1. The van der Waals surface area contributed by atoms with Crippen LogP contribution in [-0.2, 0) is 0 Å². The average Bonchev–Trinajstić information content (AvgIpc) is 3.40. The highest BCUT2D eigenvalue weighted by Gasteiger charge is 2.12. The number of hydrogen-bond acceptors (Lipinski definition) is 4. The zero-order valence-electron chi connectivity index (χ0n) is 15.2. The van der Waals surface area contributed by atoms with Crippen LogP contribution < -0.4 is 4.74 Å². The smallest absolute Gasteiger partial charge is 0.164 e. The molecule has 0 saturated carbocycles. The van der Waals surface area contributed by atoms with Crippen LogP contribution in [0.2, 0.25) is 0 Å². The van der Waals surface area contributed by atoms with Gasteiger partial charge in [0.15, 0.2) is 5.65 Å². The van der Waals surface area contributed by atoms with E-state index in [-0.39, 0.29) is 0 Å². The number of rotatable bonds is 4. The molecule has 0 atom stereocenters. The molecular weight excluding hydrogens is 350 g/mol. The minimum Gasteiger partial charge on any atom is -0.497 e. The molecule has 5 rings (SSSR count). The Kier molecular flexibility index (Phi) is 3.91. The van der Waals surface area contributed by atoms with Crippen LogP contribution in [-0.4, -0.2) is 21.5 Å². The zero-order chi connectivity index (χ0) is 18.9. The van der Waals surface area contributed by atoms with Crippen LogP contribution in [0.15, 0.2) is 77.5 Å². The first-order valence-corrected chi connectivity index (χ1v) is 8.96. The fourth-order valence-electron chi connectivity index (χ4n) is 3.25. The maximum atomic E-state index is 5.41. The lowest BCUT2D eigenvalue weighted by molar-refractivity contribution is 0.415. The molecule has 28 heavy (non-hydrogen) atoms. The number of hydrogen-bond donors (Lipinski definition) is 0. The Morgan fingerprint density at radius 3 is 2.57 bits per heavy atom. The van der Waals surface area contributed by atoms with Crippen molar-refractivity contribution in [3.63, 3.8) is 0 Å². The van der Waals surface area contributed by atoms with Gasteiger partial charge >= 0.3 is 0 Å². The Bertz CT molecular complexity index is 1280. The van der Waals surface area contributed by atoms with Crippen LogP contribution in [0.3, 0.4) is 0 Å². The first kappa shape index (κ1) is 16.3. The molecule has 136 valence electrons. The van der Waals surface area contributed by atoms with Gasteiger partial charge in [-0.3, -0.25) is 4.40 Å². The molecule has 0 unspecified atom stereocenters. The Morgan fingerprint density at radius 2 is 1.79 bits per heavy atom. The highest BCUT2D eigenvalue weighted by atomic mass is 16.5. The highest BCUT2D eigenvalue weighted by Crippen LogP contribution is 2.26. The molecule has 5 heteroatoms. The topological polar surface area (TPSA) is 52.6 Å². The molecule has 0 aliphatic heterocycles. The average molecular weight is 367 g/mol. The van der Waals surface area contributed by atoms with Gasteiger partial charge in [0.1, 0.15) is 17.2 Å². The Labute approximate surface area is 161 Å². The second-order valence-corrected chi connectivity index (χ2v) is 6.38. The zero-order valence-corrected chi connectivity index (χ0v) is 15.2. The summed E-state index contributed by atoms with van der Waals surface area (Å²) in [5, 5.41) is 0. The summed E-state index contributed by atoms with van der Waals surface area (Å²) < 4.78 is 12.8. The summed E-state index contributed by atoms with van der Waals surface area (Å²) >= 11 is 0. The van der Waals surface area contributed by atoms with E-state index in [0.29, 0.717) is 0 Å². The third-order valence-electron chi connectivity index (χ3n) is 4.65. The molecule has 0 bridgehead atoms. The summed E-state index contributed by atoms with van der Waals surface area (Å²) in [5.41, 5.74) is 5.43. The van der Waals surface area contributed by atoms with E-state index in [0.717, 1.165) is 45.1 Å². The van der Waals surface area contributed by atoms with Crippen LogP contribution >= 0.6 is 0 Å². The summed E-state index contributed by atoms with van der Waals surface area (Å²) in [7, 11) is 1.66. The highest BCUT2D eigenvalue weighted by molar-refractivity contribution is 5.85. The third kappa shape index (κ3) is 2.83. The minimum absolute atomic E-state index is 0.769. The molecule has 2 aromatic carbocycles. The maximum Gasteiger partial charge on any atom is 0.164 e. The van der Waals surface area contributed by atoms with E-state index in [2.05, 4.69) is 10.5 Å². The predicted molar refractivity (Wildman–Crippen MR) is 110 cm³/mol. The number of nitrogens with zero attached hydrogens (tertiary/aromatic N) is 3. The fourth-order valence-corrected chi connectivity index (χ4v) is 3.25. The Hall–Kier alpha value is -3.86. The van der Waals surface area contributed by atoms with Crippen LogP contribution in [0, 0.1) is 0 Å². The molecule has 0 amide bonds. The summed E-state index contributed by atoms with van der Waals surface area (Å²) in [4.78, 5) is 9.64. The van der Waals surface area contributed by atoms with Crippen molar-refractivity contribution in [2.45, 2.75) is 0 Å². The molecule has 3 heterocycles. The van der Waals surface area contributed by atoms with Gasteiger partial charge in [-0.15, -0.1) is 0 Å². The molecule has 0 fully saturated rings. The van der Waals surface area contributed by atoms with Gasteiger partial charge in [-0.25, -0.2) is 9.97 Å². The van der Waals surface area contributed by atoms with Crippen molar-refractivity contribution in [1.82, 2.24) is 14.4 Å². The first-order chi connectivity index (χ1) is 13.8. The maximum absolute atomic E-state index is 5.41. The molecule has 0 aliphatic rings. The molecule has 5 aromatic rings. The third-order valence-corrected chi connectivity index (χ3v) is 4.65. The van der Waals surface area contributed by atoms with E-state index >= 15 is 0 Å². The van der Waals surface area contributed by atoms with Gasteiger partial charge < -0.3 is 9.15 Å². The van der Waals surface area contributed by atoms with Crippen molar-refractivity contribution in [3.05, 3.63) is 84.6 Å². The Balaban J connectivity index is 1.73. The van der Waals surface area contributed by atoms with Crippen LogP contribution in [0.4, 0.5) is 0 Å². The van der Waals surface area contributed by atoms with Gasteiger partial charge in [-0.05, 0) is 60.7 Å². The van der Waals surface area contributed by atoms with Gasteiger partial charge in [0.2, 0.25) is 0 Å². The van der Waals surface area contributed by atoms with E-state index in [1.807, 2.05) is 72.9 Å². The largest absolute Gasteiger partial charge is 0.497 e. The first-order valence-electron chi connectivity index (χ1n) is 8.96. The van der Waals surface area contributed by atoms with Crippen molar-refractivity contribution < 1.29 is 9.15 Å². The number of benzene rings is 2. The van der Waals surface area contributed by atoms with Gasteiger partial charge in [0.05, 0.1) is 30.1 Å². The quantitative estimate of drug-likeness (QED) is 0.431. The van der Waals surface area contributed by atoms with E-state index < -0.39 is 0 Å². The summed E-state index contributed by atoms with van der Waals surface area (Å²) in [6.07, 6.45) is 7.52. The molecule has 0 radical (unpaired) electrons. The molecule has 0 N–H and O–H groups in total. The van der Waals surface area contributed by atoms with Crippen LogP contribution in [0.5, 0.6) is 5.75 Å². The van der Waals surface area contributed by atoms with E-state index in [9.17, 15) is 0 Å². The summed E-state index contributed by atoms with van der Waals surface area (Å²) in [5.74, 6) is 1.58. The molecule has 5 nitrogen and oxygen atoms in total. The van der Waals surface area contributed by atoms with Crippen LogP contribution in [0.25, 0.3) is 40.1 Å².